The van der Waals surface area contributed by atoms with E-state index in [2.05, 4.69) is 51.6 Å². The number of hydrogen-bond acceptors (Lipinski definition) is 2. The lowest BCUT2D eigenvalue weighted by atomic mass is 9.80. The monoisotopic (exact) mass is 689 g/mol. The van der Waals surface area contributed by atoms with Gasteiger partial charge in [0.25, 0.3) is 0 Å². The maximum atomic E-state index is 10.9. The first kappa shape index (κ1) is 43.8. The highest BCUT2D eigenvalue weighted by Crippen LogP contribution is 2.40. The topological polar surface area (TPSA) is 60.7 Å². The maximum absolute atomic E-state index is 10.9. The third kappa shape index (κ3) is 20.8. The smallest absolute Gasteiger partial charge is 0.214 e. The summed E-state index contributed by atoms with van der Waals surface area (Å²) in [5, 5.41) is 11.4. The Labute approximate surface area is 296 Å². The summed E-state index contributed by atoms with van der Waals surface area (Å²) in [6, 6.07) is 14.8. The molecule has 47 heavy (non-hydrogen) atoms. The van der Waals surface area contributed by atoms with Crippen LogP contribution in [-0.2, 0) is 11.8 Å². The van der Waals surface area contributed by atoms with Crippen LogP contribution in [-0.4, -0.2) is 14.9 Å². The van der Waals surface area contributed by atoms with Gasteiger partial charge in [-0.3, -0.25) is 0 Å². The van der Waals surface area contributed by atoms with Gasteiger partial charge in [0.1, 0.15) is 5.75 Å². The molecule has 0 radical (unpaired) electrons. The molecule has 0 saturated heterocycles. The van der Waals surface area contributed by atoms with Gasteiger partial charge in [0.05, 0.1) is 0 Å². The van der Waals surface area contributed by atoms with E-state index < -0.39 is 6.49 Å². The van der Waals surface area contributed by atoms with Crippen LogP contribution in [0.5, 0.6) is 5.75 Å². The molecule has 2 aromatic rings. The Hall–Kier alpha value is -1.19. The molecule has 3 nitrogen and oxygen atoms in total. The van der Waals surface area contributed by atoms with Crippen molar-refractivity contribution >= 4 is 23.6 Å². The van der Waals surface area contributed by atoms with Crippen molar-refractivity contribution in [3.63, 3.8) is 0 Å². The molecule has 0 amide bonds. The second kappa shape index (κ2) is 28.6. The molecular weight excluding hydrogens is 616 g/mol. The first-order chi connectivity index (χ1) is 22.8. The van der Waals surface area contributed by atoms with Crippen molar-refractivity contribution < 1.29 is 14.9 Å². The minimum atomic E-state index is -3.18. The first-order valence-corrected chi connectivity index (χ1v) is 22.4. The Morgan fingerprint density at radius 2 is 0.915 bits per heavy atom. The number of rotatable bonds is 27. The number of hydrogen-bond donors (Lipinski definition) is 3. The van der Waals surface area contributed by atoms with Crippen LogP contribution in [0.25, 0.3) is 0 Å². The van der Waals surface area contributed by atoms with E-state index in [0.29, 0.717) is 22.9 Å². The van der Waals surface area contributed by atoms with Gasteiger partial charge < -0.3 is 14.9 Å². The van der Waals surface area contributed by atoms with Crippen LogP contribution in [0.1, 0.15) is 205 Å². The van der Waals surface area contributed by atoms with Crippen LogP contribution in [0.3, 0.4) is 0 Å². The summed E-state index contributed by atoms with van der Waals surface area (Å²) >= 11 is 4.47. The average Bonchev–Trinajstić information content (AvgIpc) is 3.07. The van der Waals surface area contributed by atoms with Gasteiger partial charge in [-0.25, -0.2) is 0 Å². The first-order valence-electron chi connectivity index (χ1n) is 19.7. The maximum Gasteiger partial charge on any atom is 0.214 e. The summed E-state index contributed by atoms with van der Waals surface area (Å²) in [5.41, 5.74) is 2.75. The molecule has 3 N–H and O–H groups in total. The van der Waals surface area contributed by atoms with Crippen molar-refractivity contribution in [2.75, 3.05) is 0 Å². The summed E-state index contributed by atoms with van der Waals surface area (Å²) in [4.78, 5) is 17.9. The van der Waals surface area contributed by atoms with E-state index in [1.54, 1.807) is 30.3 Å². The summed E-state index contributed by atoms with van der Waals surface area (Å²) in [7, 11) is 0. The van der Waals surface area contributed by atoms with Crippen LogP contribution in [0.2, 0.25) is 0 Å². The number of phenols is 1. The minimum absolute atomic E-state index is 0.435. The second-order valence-electron chi connectivity index (χ2n) is 13.8. The zero-order chi connectivity index (χ0) is 34.6. The molecule has 2 aromatic carbocycles. The molecule has 5 heteroatoms. The van der Waals surface area contributed by atoms with Crippen LogP contribution in [0, 0.1) is 0 Å². The fraction of sp³-hybridized carbons (Fsp3) is 0.714. The Morgan fingerprint density at radius 1 is 0.511 bits per heavy atom. The van der Waals surface area contributed by atoms with Gasteiger partial charge in [-0.1, -0.05) is 186 Å². The Bertz CT molecular complexity index is 1040. The number of phenolic OH excluding ortho intramolecular Hbond substituents is 1. The standard InChI is InChI=1S/C36H66O.C6H7O2PS/c1-5-9-11-13-15-17-19-21-23-25-28-32(7-3)34-30-27-31-35(37)36(34)33(8-4)29-26-24-22-20-18-16-14-12-10-6-2;7-9(8,10)6-4-2-1-3-5-6/h27,30-33,37H,5-26,28-29H2,1-4H3;1-5H,(H2,7,8,10). The van der Waals surface area contributed by atoms with Crippen molar-refractivity contribution in [1.82, 2.24) is 0 Å². The van der Waals surface area contributed by atoms with Crippen LogP contribution in [0.15, 0.2) is 48.5 Å². The van der Waals surface area contributed by atoms with E-state index in [0.717, 1.165) is 6.42 Å². The summed E-state index contributed by atoms with van der Waals surface area (Å²) in [5.74, 6) is 1.66. The molecule has 0 fully saturated rings. The van der Waals surface area contributed by atoms with Gasteiger partial charge in [-0.2, -0.15) is 0 Å². The Morgan fingerprint density at radius 3 is 1.30 bits per heavy atom. The van der Waals surface area contributed by atoms with E-state index in [4.69, 9.17) is 9.79 Å². The lowest BCUT2D eigenvalue weighted by Crippen LogP contribution is -2.07. The molecule has 0 aliphatic heterocycles. The molecule has 0 aliphatic rings. The SMILES string of the molecule is CCCCCCCCCCCCC(CC)c1cccc(O)c1C(CC)CCCCCCCCCCCC.OP(O)(=S)c1ccccc1. The average molecular weight is 689 g/mol. The third-order valence-electron chi connectivity index (χ3n) is 9.86. The molecule has 0 aliphatic carbocycles. The molecule has 0 spiro atoms. The summed E-state index contributed by atoms with van der Waals surface area (Å²) in [6.45, 7) is 6.07. The predicted molar refractivity (Wildman–Crippen MR) is 212 cm³/mol. The lowest BCUT2D eigenvalue weighted by Gasteiger charge is -2.25. The van der Waals surface area contributed by atoms with Crippen molar-refractivity contribution in [3.05, 3.63) is 59.7 Å². The Balaban J connectivity index is 0.000000933. The van der Waals surface area contributed by atoms with Crippen LogP contribution < -0.4 is 5.30 Å². The van der Waals surface area contributed by atoms with Gasteiger partial charge >= 0.3 is 0 Å². The van der Waals surface area contributed by atoms with E-state index in [1.165, 1.54) is 159 Å². The molecule has 2 unspecified atom stereocenters. The normalized spacial score (nSPS) is 12.8. The van der Waals surface area contributed by atoms with E-state index >= 15 is 0 Å². The predicted octanol–water partition coefficient (Wildman–Crippen LogP) is 13.6. The highest BCUT2D eigenvalue weighted by atomic mass is 32.5. The fourth-order valence-corrected chi connectivity index (χ4v) is 7.81. The minimum Gasteiger partial charge on any atom is -0.508 e. The van der Waals surface area contributed by atoms with Gasteiger partial charge in [0, 0.05) is 10.9 Å². The molecule has 0 aromatic heterocycles. The zero-order valence-electron chi connectivity index (χ0n) is 30.9. The lowest BCUT2D eigenvalue weighted by molar-refractivity contribution is 0.441. The molecule has 0 heterocycles. The molecule has 2 atom stereocenters. The molecular formula is C42H73O3PS. The van der Waals surface area contributed by atoms with Crippen molar-refractivity contribution in [1.29, 1.82) is 0 Å². The molecule has 0 bridgehead atoms. The number of benzene rings is 2. The number of aromatic hydroxyl groups is 1. The van der Waals surface area contributed by atoms with Crippen LogP contribution in [0.4, 0.5) is 0 Å². The summed E-state index contributed by atoms with van der Waals surface area (Å²) in [6.07, 6.45) is 32.7. The van der Waals surface area contributed by atoms with Gasteiger partial charge in [-0.15, -0.1) is 0 Å². The van der Waals surface area contributed by atoms with Crippen molar-refractivity contribution in [2.45, 2.75) is 194 Å². The zero-order valence-corrected chi connectivity index (χ0v) is 32.7. The van der Waals surface area contributed by atoms with E-state index in [-0.39, 0.29) is 0 Å². The van der Waals surface area contributed by atoms with Gasteiger partial charge in [-0.05, 0) is 73.1 Å². The van der Waals surface area contributed by atoms with E-state index in [9.17, 15) is 5.11 Å². The number of unbranched alkanes of at least 4 members (excludes halogenated alkanes) is 18. The highest BCUT2D eigenvalue weighted by Gasteiger charge is 2.22. The molecule has 0 saturated carbocycles. The van der Waals surface area contributed by atoms with Crippen LogP contribution >= 0.6 is 6.49 Å². The fourth-order valence-electron chi connectivity index (χ4n) is 6.88. The molecule has 270 valence electrons. The molecule has 2 rings (SSSR count). The third-order valence-corrected chi connectivity index (χ3v) is 11.5. The summed E-state index contributed by atoms with van der Waals surface area (Å²) < 4.78 is 0. The second-order valence-corrected chi connectivity index (χ2v) is 16.9. The Kier molecular flexibility index (Phi) is 26.7. The largest absolute Gasteiger partial charge is 0.508 e. The quantitative estimate of drug-likeness (QED) is 0.0646. The van der Waals surface area contributed by atoms with Gasteiger partial charge in [0.15, 0.2) is 0 Å². The van der Waals surface area contributed by atoms with Crippen molar-refractivity contribution in [3.8, 4) is 5.75 Å². The highest BCUT2D eigenvalue weighted by molar-refractivity contribution is 8.12. The van der Waals surface area contributed by atoms with E-state index in [1.807, 2.05) is 6.07 Å². The van der Waals surface area contributed by atoms with Gasteiger partial charge in [0.2, 0.25) is 6.49 Å². The van der Waals surface area contributed by atoms with Crippen molar-refractivity contribution in [2.24, 2.45) is 0 Å².